The van der Waals surface area contributed by atoms with Crippen molar-refractivity contribution in [3.63, 3.8) is 0 Å². The number of nitrogens with zero attached hydrogens (tertiary/aromatic N) is 5. The lowest BCUT2D eigenvalue weighted by Crippen LogP contribution is -2.27. The molecule has 2 rings (SSSR count). The third kappa shape index (κ3) is 2.78. The smallest absolute Gasteiger partial charge is 0.225 e. The molecular weight excluding hydrogens is 282 g/mol. The van der Waals surface area contributed by atoms with E-state index in [1.54, 1.807) is 6.92 Å². The molecular formula is C7H8ClN7O2S. The number of sulfonamides is 1. The van der Waals surface area contributed by atoms with Gasteiger partial charge < -0.3 is 0 Å². The number of tetrazole rings is 1. The van der Waals surface area contributed by atoms with Gasteiger partial charge in [-0.2, -0.15) is 5.21 Å². The molecule has 0 fully saturated rings. The van der Waals surface area contributed by atoms with Crippen LogP contribution in [-0.4, -0.2) is 39.0 Å². The summed E-state index contributed by atoms with van der Waals surface area (Å²) in [6, 6.07) is -0.635. The number of aromatic amines is 1. The van der Waals surface area contributed by atoms with Crippen molar-refractivity contribution in [1.29, 1.82) is 0 Å². The average Bonchev–Trinajstić information content (AvgIpc) is 2.82. The third-order valence-corrected chi connectivity index (χ3v) is 3.68. The van der Waals surface area contributed by atoms with Crippen LogP contribution < -0.4 is 4.72 Å². The molecule has 0 bridgehead atoms. The predicted octanol–water partition coefficient (Wildman–Crippen LogP) is -0.317. The van der Waals surface area contributed by atoms with Crippen LogP contribution in [0.5, 0.6) is 0 Å². The molecule has 0 aromatic carbocycles. The van der Waals surface area contributed by atoms with Crippen LogP contribution in [-0.2, 0) is 10.0 Å². The van der Waals surface area contributed by atoms with Gasteiger partial charge in [0.15, 0.2) is 5.82 Å². The predicted molar refractivity (Wildman–Crippen MR) is 60.0 cm³/mol. The zero-order chi connectivity index (χ0) is 13.2. The molecule has 1 atom stereocenters. The maximum Gasteiger partial charge on any atom is 0.244 e. The maximum absolute atomic E-state index is 11.9. The highest BCUT2D eigenvalue weighted by Crippen LogP contribution is 2.12. The topological polar surface area (TPSA) is 126 Å². The van der Waals surface area contributed by atoms with Crippen molar-refractivity contribution >= 4 is 21.6 Å². The van der Waals surface area contributed by atoms with E-state index >= 15 is 0 Å². The zero-order valence-corrected chi connectivity index (χ0v) is 10.6. The summed E-state index contributed by atoms with van der Waals surface area (Å²) in [5.74, 6) is 0.230. The van der Waals surface area contributed by atoms with Crippen LogP contribution in [0.1, 0.15) is 18.8 Å². The van der Waals surface area contributed by atoms with Crippen LogP contribution >= 0.6 is 11.6 Å². The first-order chi connectivity index (χ1) is 8.49. The highest BCUT2D eigenvalue weighted by Gasteiger charge is 2.21. The van der Waals surface area contributed by atoms with Crippen LogP contribution in [0, 0.1) is 0 Å². The molecule has 0 aliphatic carbocycles. The van der Waals surface area contributed by atoms with Gasteiger partial charge in [-0.1, -0.05) is 5.21 Å². The minimum absolute atomic E-state index is 0.0276. The Balaban J connectivity index is 2.20. The van der Waals surface area contributed by atoms with E-state index in [4.69, 9.17) is 11.6 Å². The Bertz CT molecular complexity index is 612. The lowest BCUT2D eigenvalue weighted by Gasteiger charge is -2.09. The summed E-state index contributed by atoms with van der Waals surface area (Å²) in [4.78, 5) is 7.11. The second-order valence-electron chi connectivity index (χ2n) is 3.30. The Morgan fingerprint density at radius 2 is 2.06 bits per heavy atom. The third-order valence-electron chi connectivity index (χ3n) is 1.99. The summed E-state index contributed by atoms with van der Waals surface area (Å²) in [7, 11) is -3.76. The van der Waals surface area contributed by atoms with Gasteiger partial charge in [0.1, 0.15) is 4.90 Å². The van der Waals surface area contributed by atoms with Crippen molar-refractivity contribution < 1.29 is 8.42 Å². The van der Waals surface area contributed by atoms with Gasteiger partial charge in [0, 0.05) is 0 Å². The second-order valence-corrected chi connectivity index (χ2v) is 5.35. The fourth-order valence-electron chi connectivity index (χ4n) is 1.15. The molecule has 0 aliphatic heterocycles. The largest absolute Gasteiger partial charge is 0.244 e. The van der Waals surface area contributed by atoms with Gasteiger partial charge in [-0.25, -0.2) is 23.1 Å². The zero-order valence-electron chi connectivity index (χ0n) is 9.07. The van der Waals surface area contributed by atoms with Crippen LogP contribution in [0.2, 0.25) is 5.28 Å². The first kappa shape index (κ1) is 12.8. The summed E-state index contributed by atoms with van der Waals surface area (Å²) in [5, 5.41) is 12.9. The Labute approximate surface area is 107 Å². The minimum atomic E-state index is -3.76. The molecule has 9 nitrogen and oxygen atoms in total. The van der Waals surface area contributed by atoms with Crippen LogP contribution in [0.25, 0.3) is 0 Å². The number of hydrogen-bond donors (Lipinski definition) is 2. The van der Waals surface area contributed by atoms with Gasteiger partial charge in [-0.15, -0.1) is 10.2 Å². The molecule has 0 amide bonds. The van der Waals surface area contributed by atoms with Crippen molar-refractivity contribution in [3.8, 4) is 0 Å². The van der Waals surface area contributed by atoms with E-state index in [-0.39, 0.29) is 16.0 Å². The average molecular weight is 290 g/mol. The number of hydrogen-bond acceptors (Lipinski definition) is 7. The van der Waals surface area contributed by atoms with E-state index in [1.807, 2.05) is 0 Å². The Kier molecular flexibility index (Phi) is 3.50. The van der Waals surface area contributed by atoms with Gasteiger partial charge in [0.05, 0.1) is 18.4 Å². The highest BCUT2D eigenvalue weighted by molar-refractivity contribution is 7.89. The maximum atomic E-state index is 11.9. The first-order valence-electron chi connectivity index (χ1n) is 4.72. The quantitative estimate of drug-likeness (QED) is 0.739. The molecule has 0 aliphatic rings. The van der Waals surface area contributed by atoms with Gasteiger partial charge in [-0.05, 0) is 18.5 Å². The van der Waals surface area contributed by atoms with Crippen LogP contribution in [0.15, 0.2) is 17.3 Å². The molecule has 2 aromatic heterocycles. The summed E-state index contributed by atoms with van der Waals surface area (Å²) in [5.41, 5.74) is 0. The SMILES string of the molecule is CC(NS(=O)(=O)c1cnc(Cl)nc1)c1nn[nH]n1. The number of aromatic nitrogens is 6. The lowest BCUT2D eigenvalue weighted by molar-refractivity contribution is 0.559. The molecule has 1 unspecified atom stereocenters. The standard InChI is InChI=1S/C7H8ClN7O2S/c1-4(6-11-14-15-12-6)13-18(16,17)5-2-9-7(8)10-3-5/h2-4,13H,1H3,(H,11,12,14,15). The second kappa shape index (κ2) is 4.92. The van der Waals surface area contributed by atoms with Gasteiger partial charge >= 0.3 is 0 Å². The number of rotatable bonds is 4. The molecule has 11 heteroatoms. The van der Waals surface area contributed by atoms with Crippen molar-refractivity contribution in [1.82, 2.24) is 35.3 Å². The molecule has 0 saturated heterocycles. The molecule has 96 valence electrons. The van der Waals surface area contributed by atoms with E-state index in [9.17, 15) is 8.42 Å². The summed E-state index contributed by atoms with van der Waals surface area (Å²) >= 11 is 5.48. The van der Waals surface area contributed by atoms with Gasteiger partial charge in [0.25, 0.3) is 0 Å². The molecule has 2 heterocycles. The summed E-state index contributed by atoms with van der Waals surface area (Å²) in [6.07, 6.45) is 2.22. The normalized spacial score (nSPS) is 13.4. The summed E-state index contributed by atoms with van der Waals surface area (Å²) < 4.78 is 26.2. The monoisotopic (exact) mass is 289 g/mol. The first-order valence-corrected chi connectivity index (χ1v) is 6.58. The fourth-order valence-corrected chi connectivity index (χ4v) is 2.33. The number of nitrogens with one attached hydrogen (secondary N) is 2. The number of halogens is 1. The molecule has 0 spiro atoms. The molecule has 2 N–H and O–H groups in total. The van der Waals surface area contributed by atoms with E-state index in [2.05, 4.69) is 35.3 Å². The molecule has 18 heavy (non-hydrogen) atoms. The number of H-pyrrole nitrogens is 1. The molecule has 2 aromatic rings. The van der Waals surface area contributed by atoms with E-state index in [1.165, 1.54) is 0 Å². The van der Waals surface area contributed by atoms with Gasteiger partial charge in [-0.3, -0.25) is 0 Å². The van der Waals surface area contributed by atoms with Crippen molar-refractivity contribution in [2.75, 3.05) is 0 Å². The van der Waals surface area contributed by atoms with Crippen molar-refractivity contribution in [3.05, 3.63) is 23.5 Å². The Morgan fingerprint density at radius 1 is 1.39 bits per heavy atom. The van der Waals surface area contributed by atoms with Crippen molar-refractivity contribution in [2.24, 2.45) is 0 Å². The molecule has 0 saturated carbocycles. The van der Waals surface area contributed by atoms with E-state index < -0.39 is 16.1 Å². The Morgan fingerprint density at radius 3 is 2.61 bits per heavy atom. The highest BCUT2D eigenvalue weighted by atomic mass is 35.5. The minimum Gasteiger partial charge on any atom is -0.225 e. The molecule has 0 radical (unpaired) electrons. The lowest BCUT2D eigenvalue weighted by atomic mass is 10.4. The van der Waals surface area contributed by atoms with E-state index in [0.717, 1.165) is 12.4 Å². The summed E-state index contributed by atoms with van der Waals surface area (Å²) in [6.45, 7) is 1.58. The Hall–Kier alpha value is -1.65. The van der Waals surface area contributed by atoms with Gasteiger partial charge in [0.2, 0.25) is 15.3 Å². The fraction of sp³-hybridized carbons (Fsp3) is 0.286. The van der Waals surface area contributed by atoms with E-state index in [0.29, 0.717) is 0 Å². The van der Waals surface area contributed by atoms with Crippen molar-refractivity contribution in [2.45, 2.75) is 17.9 Å². The van der Waals surface area contributed by atoms with Crippen LogP contribution in [0.3, 0.4) is 0 Å². The van der Waals surface area contributed by atoms with Crippen LogP contribution in [0.4, 0.5) is 0 Å².